The van der Waals surface area contributed by atoms with E-state index in [0.717, 1.165) is 18.6 Å². The first-order chi connectivity index (χ1) is 8.24. The van der Waals surface area contributed by atoms with Gasteiger partial charge in [-0.1, -0.05) is 6.08 Å². The third kappa shape index (κ3) is 1.91. The number of carbonyl (C=O) groups excluding carboxylic acids is 2. The number of amides is 2. The lowest BCUT2D eigenvalue weighted by Gasteiger charge is -2.27. The van der Waals surface area contributed by atoms with Gasteiger partial charge < -0.3 is 10.6 Å². The zero-order chi connectivity index (χ0) is 11.8. The molecule has 0 spiro atoms. The maximum atomic E-state index is 12.0. The average molecular weight is 233 g/mol. The fraction of sp³-hybridized carbons (Fsp3) is 0.583. The van der Waals surface area contributed by atoms with Gasteiger partial charge in [-0.15, -0.1) is 0 Å². The van der Waals surface area contributed by atoms with Gasteiger partial charge in [0.2, 0.25) is 5.91 Å². The summed E-state index contributed by atoms with van der Waals surface area (Å²) < 4.78 is 0. The van der Waals surface area contributed by atoms with Gasteiger partial charge in [0.15, 0.2) is 0 Å². The summed E-state index contributed by atoms with van der Waals surface area (Å²) in [5.74, 6) is -0.198. The molecule has 5 nitrogen and oxygen atoms in total. The molecule has 3 aliphatic rings. The van der Waals surface area contributed by atoms with Crippen LogP contribution in [0.2, 0.25) is 0 Å². The Hall–Kier alpha value is -1.49. The number of rotatable bonds is 0. The smallest absolute Gasteiger partial charge is 0.268 e. The van der Waals surface area contributed by atoms with Crippen molar-refractivity contribution < 1.29 is 9.59 Å². The second-order valence-electron chi connectivity index (χ2n) is 4.82. The normalized spacial score (nSPS) is 36.5. The van der Waals surface area contributed by atoms with Crippen molar-refractivity contribution in [2.45, 2.75) is 31.3 Å². The Morgan fingerprint density at radius 3 is 3.12 bits per heavy atom. The van der Waals surface area contributed by atoms with Gasteiger partial charge >= 0.3 is 0 Å². The summed E-state index contributed by atoms with van der Waals surface area (Å²) in [4.78, 5) is 27.5. The lowest BCUT2D eigenvalue weighted by atomic mass is 9.94. The van der Waals surface area contributed by atoms with Crippen LogP contribution in [-0.2, 0) is 9.59 Å². The van der Waals surface area contributed by atoms with E-state index in [4.69, 9.17) is 0 Å². The molecule has 3 unspecified atom stereocenters. The summed E-state index contributed by atoms with van der Waals surface area (Å²) in [6.07, 6.45) is 6.36. The Morgan fingerprint density at radius 1 is 1.35 bits per heavy atom. The van der Waals surface area contributed by atoms with Crippen LogP contribution in [0.5, 0.6) is 0 Å². The van der Waals surface area contributed by atoms with Crippen LogP contribution >= 0.6 is 0 Å². The van der Waals surface area contributed by atoms with Gasteiger partial charge in [0.25, 0.3) is 5.91 Å². The molecule has 1 fully saturated rings. The van der Waals surface area contributed by atoms with Crippen molar-refractivity contribution in [3.05, 3.63) is 12.2 Å². The standard InChI is InChI=1S/C12H15N3O2/c16-10-5-7-6-13-8-3-1-2-4-9(8)14-12(17)11(7)15-10/h2,4,7-8,11,13H,1,3,5-6H2,(H,15,16). The molecule has 90 valence electrons. The predicted molar refractivity (Wildman–Crippen MR) is 62.6 cm³/mol. The fourth-order valence-electron chi connectivity index (χ4n) is 2.70. The number of carbonyl (C=O) groups is 2. The topological polar surface area (TPSA) is 70.6 Å². The van der Waals surface area contributed by atoms with Gasteiger partial charge in [-0.05, 0) is 18.9 Å². The third-order valence-corrected chi connectivity index (χ3v) is 3.63. The minimum atomic E-state index is -0.432. The van der Waals surface area contributed by atoms with Gasteiger partial charge in [0.05, 0.1) is 5.71 Å². The highest BCUT2D eigenvalue weighted by atomic mass is 16.2. The van der Waals surface area contributed by atoms with Gasteiger partial charge in [0.1, 0.15) is 6.04 Å². The molecular formula is C12H15N3O2. The van der Waals surface area contributed by atoms with Crippen molar-refractivity contribution in [3.63, 3.8) is 0 Å². The van der Waals surface area contributed by atoms with E-state index >= 15 is 0 Å². The molecule has 5 heteroatoms. The third-order valence-electron chi connectivity index (χ3n) is 3.63. The molecule has 2 amide bonds. The van der Waals surface area contributed by atoms with Crippen molar-refractivity contribution in [1.29, 1.82) is 0 Å². The van der Waals surface area contributed by atoms with Crippen molar-refractivity contribution in [1.82, 2.24) is 10.6 Å². The van der Waals surface area contributed by atoms with Gasteiger partial charge in [-0.3, -0.25) is 9.59 Å². The van der Waals surface area contributed by atoms with Crippen LogP contribution < -0.4 is 10.6 Å². The highest BCUT2D eigenvalue weighted by Gasteiger charge is 2.39. The molecule has 0 aromatic rings. The largest absolute Gasteiger partial charge is 0.344 e. The van der Waals surface area contributed by atoms with Gasteiger partial charge in [-0.25, -0.2) is 4.99 Å². The summed E-state index contributed by atoms with van der Waals surface area (Å²) in [6.45, 7) is 0.701. The molecule has 1 aliphatic carbocycles. The number of hydrogen-bond donors (Lipinski definition) is 2. The molecule has 2 heterocycles. The maximum Gasteiger partial charge on any atom is 0.268 e. The van der Waals surface area contributed by atoms with Crippen molar-refractivity contribution in [2.24, 2.45) is 10.9 Å². The molecule has 2 N–H and O–H groups in total. The lowest BCUT2D eigenvalue weighted by Crippen LogP contribution is -2.48. The van der Waals surface area contributed by atoms with Gasteiger partial charge in [0, 0.05) is 24.9 Å². The Bertz CT molecular complexity index is 427. The van der Waals surface area contributed by atoms with Crippen LogP contribution in [0, 0.1) is 5.92 Å². The molecular weight excluding hydrogens is 218 g/mol. The van der Waals surface area contributed by atoms with E-state index in [9.17, 15) is 9.59 Å². The van der Waals surface area contributed by atoms with Crippen molar-refractivity contribution in [2.75, 3.05) is 6.54 Å². The molecule has 0 saturated carbocycles. The highest BCUT2D eigenvalue weighted by molar-refractivity contribution is 6.08. The SMILES string of the molecule is O=C1CC2CNC3CCC=CC3=NC(=O)C2N1. The van der Waals surface area contributed by atoms with Crippen LogP contribution in [0.3, 0.4) is 0 Å². The molecule has 17 heavy (non-hydrogen) atoms. The van der Waals surface area contributed by atoms with Crippen molar-refractivity contribution in [3.8, 4) is 0 Å². The maximum absolute atomic E-state index is 12.0. The Balaban J connectivity index is 1.91. The summed E-state index contributed by atoms with van der Waals surface area (Å²) in [5.41, 5.74) is 0.806. The molecule has 0 bridgehead atoms. The first-order valence-electron chi connectivity index (χ1n) is 6.06. The number of nitrogens with one attached hydrogen (secondary N) is 2. The van der Waals surface area contributed by atoms with Gasteiger partial charge in [-0.2, -0.15) is 0 Å². The average Bonchev–Trinajstić information content (AvgIpc) is 2.67. The molecule has 0 radical (unpaired) electrons. The quantitative estimate of drug-likeness (QED) is 0.607. The number of nitrogens with zero attached hydrogens (tertiary/aromatic N) is 1. The van der Waals surface area contributed by atoms with E-state index in [0.29, 0.717) is 13.0 Å². The van der Waals surface area contributed by atoms with Crippen LogP contribution in [0.25, 0.3) is 0 Å². The molecule has 0 aromatic heterocycles. The molecule has 0 aromatic carbocycles. The number of hydrogen-bond acceptors (Lipinski definition) is 3. The van der Waals surface area contributed by atoms with E-state index in [1.165, 1.54) is 0 Å². The zero-order valence-corrected chi connectivity index (χ0v) is 9.48. The Labute approximate surface area is 99.4 Å². The summed E-state index contributed by atoms with van der Waals surface area (Å²) in [6, 6.07) is -0.264. The second kappa shape index (κ2) is 4.07. The predicted octanol–water partition coefficient (Wildman–Crippen LogP) is -0.219. The number of fused-ring (bicyclic) bond motifs is 2. The van der Waals surface area contributed by atoms with Crippen LogP contribution in [0.15, 0.2) is 17.1 Å². The first-order valence-corrected chi connectivity index (χ1v) is 6.06. The summed E-state index contributed by atoms with van der Waals surface area (Å²) in [7, 11) is 0. The molecule has 2 aliphatic heterocycles. The zero-order valence-electron chi connectivity index (χ0n) is 9.48. The van der Waals surface area contributed by atoms with E-state index in [-0.39, 0.29) is 23.8 Å². The second-order valence-corrected chi connectivity index (χ2v) is 4.82. The summed E-state index contributed by atoms with van der Waals surface area (Å²) in [5, 5.41) is 6.12. The van der Waals surface area contributed by atoms with Crippen LogP contribution in [-0.4, -0.2) is 36.2 Å². The van der Waals surface area contributed by atoms with E-state index in [1.54, 1.807) is 0 Å². The number of aliphatic imine (C=N–C) groups is 1. The first kappa shape index (κ1) is 10.7. The Kier molecular flexibility index (Phi) is 2.55. The lowest BCUT2D eigenvalue weighted by molar-refractivity contribution is -0.123. The highest BCUT2D eigenvalue weighted by Crippen LogP contribution is 2.21. The molecule has 3 rings (SSSR count). The summed E-state index contributed by atoms with van der Waals surface area (Å²) >= 11 is 0. The Morgan fingerprint density at radius 2 is 2.24 bits per heavy atom. The molecule has 1 saturated heterocycles. The minimum Gasteiger partial charge on any atom is -0.344 e. The fourth-order valence-corrected chi connectivity index (χ4v) is 2.70. The van der Waals surface area contributed by atoms with Crippen molar-refractivity contribution >= 4 is 17.5 Å². The van der Waals surface area contributed by atoms with E-state index in [2.05, 4.69) is 15.6 Å². The number of allylic oxidation sites excluding steroid dienone is 1. The van der Waals surface area contributed by atoms with Crippen LogP contribution in [0.1, 0.15) is 19.3 Å². The van der Waals surface area contributed by atoms with E-state index < -0.39 is 6.04 Å². The molecule has 3 atom stereocenters. The minimum absolute atomic E-state index is 0.0456. The van der Waals surface area contributed by atoms with E-state index in [1.807, 2.05) is 12.2 Å². The monoisotopic (exact) mass is 233 g/mol. The van der Waals surface area contributed by atoms with Crippen LogP contribution in [0.4, 0.5) is 0 Å².